The summed E-state index contributed by atoms with van der Waals surface area (Å²) in [5, 5.41) is 24.0. The SMILES string of the molecule is NCCSCc1cnccc1SC1=C(C(=O)O)N2C(=O)[C@@H](NC(=O)/C(=N\O)c3nsc(N)n3)[C@H]2SC1. The molecule has 0 aliphatic carbocycles. The minimum atomic E-state index is -1.24. The number of nitrogens with one attached hydrogen (secondary N) is 1. The molecule has 2 aliphatic rings. The van der Waals surface area contributed by atoms with E-state index in [4.69, 9.17) is 11.5 Å². The number of nitrogens with zero attached hydrogens (tertiary/aromatic N) is 5. The molecule has 2 aliphatic heterocycles. The van der Waals surface area contributed by atoms with Crippen LogP contribution >= 0.6 is 46.8 Å². The van der Waals surface area contributed by atoms with Gasteiger partial charge in [-0.15, -0.1) is 11.8 Å². The van der Waals surface area contributed by atoms with Gasteiger partial charge in [-0.25, -0.2) is 4.79 Å². The van der Waals surface area contributed by atoms with Crippen molar-refractivity contribution in [1.29, 1.82) is 0 Å². The molecular formula is C19H20N8O5S4. The summed E-state index contributed by atoms with van der Waals surface area (Å²) < 4.78 is 3.83. The highest BCUT2D eigenvalue weighted by atomic mass is 32.2. The molecule has 0 bridgehead atoms. The average molecular weight is 569 g/mol. The van der Waals surface area contributed by atoms with Crippen LogP contribution in [0.25, 0.3) is 0 Å². The summed E-state index contributed by atoms with van der Waals surface area (Å²) in [6, 6.07) is 0.794. The van der Waals surface area contributed by atoms with E-state index in [1.54, 1.807) is 24.2 Å². The van der Waals surface area contributed by atoms with E-state index < -0.39 is 34.9 Å². The van der Waals surface area contributed by atoms with Crippen LogP contribution in [0.2, 0.25) is 0 Å². The Morgan fingerprint density at radius 3 is 2.86 bits per heavy atom. The number of carbonyl (C=O) groups excluding carboxylic acids is 2. The summed E-state index contributed by atoms with van der Waals surface area (Å²) in [5.74, 6) is -1.13. The zero-order valence-electron chi connectivity index (χ0n) is 18.4. The number of carboxylic acid groups (broad SMARTS) is 1. The second-order valence-electron chi connectivity index (χ2n) is 7.27. The molecule has 2 atom stereocenters. The summed E-state index contributed by atoms with van der Waals surface area (Å²) in [4.78, 5) is 48.3. The summed E-state index contributed by atoms with van der Waals surface area (Å²) in [6.07, 6.45) is 3.36. The average Bonchev–Trinajstić information content (AvgIpc) is 3.29. The Hall–Kier alpha value is -2.86. The van der Waals surface area contributed by atoms with Gasteiger partial charge in [-0.2, -0.15) is 21.1 Å². The van der Waals surface area contributed by atoms with E-state index in [-0.39, 0.29) is 16.7 Å². The monoisotopic (exact) mass is 568 g/mol. The Labute approximate surface area is 221 Å². The van der Waals surface area contributed by atoms with Gasteiger partial charge in [0, 0.05) is 57.5 Å². The van der Waals surface area contributed by atoms with Gasteiger partial charge in [0.2, 0.25) is 11.5 Å². The molecule has 0 aromatic carbocycles. The fraction of sp³-hybridized carbons (Fsp3) is 0.316. The quantitative estimate of drug-likeness (QED) is 0.0863. The van der Waals surface area contributed by atoms with E-state index in [1.165, 1.54) is 28.4 Å². The van der Waals surface area contributed by atoms with Gasteiger partial charge in [0.1, 0.15) is 17.1 Å². The largest absolute Gasteiger partial charge is 0.477 e. The maximum Gasteiger partial charge on any atom is 0.353 e. The minimum absolute atomic E-state index is 0.0734. The lowest BCUT2D eigenvalue weighted by atomic mass is 10.0. The van der Waals surface area contributed by atoms with Gasteiger partial charge in [0.15, 0.2) is 5.13 Å². The number of amides is 2. The fourth-order valence-corrected chi connectivity index (χ4v) is 7.28. The van der Waals surface area contributed by atoms with E-state index in [0.29, 0.717) is 23.0 Å². The zero-order chi connectivity index (χ0) is 25.8. The summed E-state index contributed by atoms with van der Waals surface area (Å²) in [5.41, 5.74) is 11.4. The highest BCUT2D eigenvalue weighted by Crippen LogP contribution is 2.45. The molecule has 0 saturated carbocycles. The zero-order valence-corrected chi connectivity index (χ0v) is 21.6. The summed E-state index contributed by atoms with van der Waals surface area (Å²) >= 11 is 5.07. The molecule has 36 heavy (non-hydrogen) atoms. The molecule has 4 heterocycles. The standard InChI is InChI=1S/C19H20N8O5S4/c20-2-4-33-6-8-5-22-3-1-9(8)35-10-7-34-17-12(16(29)27(17)13(10)18(30)31)23-15(28)11(25-32)14-24-19(21)36-26-14/h1,3,5,12,17,32H,2,4,6-7,20H2,(H,23,28)(H,30,31)(H2,21,24,26)/b25-11-/t12-,17-/m1/s1. The molecule has 0 unspecified atom stereocenters. The number of aliphatic carboxylic acids is 1. The highest BCUT2D eigenvalue weighted by Gasteiger charge is 2.54. The molecule has 13 nitrogen and oxygen atoms in total. The van der Waals surface area contributed by atoms with Crippen LogP contribution < -0.4 is 16.8 Å². The van der Waals surface area contributed by atoms with Gasteiger partial charge in [-0.05, 0) is 11.6 Å². The Morgan fingerprint density at radius 2 is 2.19 bits per heavy atom. The number of rotatable bonds is 10. The van der Waals surface area contributed by atoms with Gasteiger partial charge in [-0.1, -0.05) is 16.9 Å². The number of oxime groups is 1. The number of nitrogen functional groups attached to an aromatic ring is 1. The lowest BCUT2D eigenvalue weighted by Crippen LogP contribution is -2.71. The van der Waals surface area contributed by atoms with Gasteiger partial charge < -0.3 is 27.1 Å². The predicted molar refractivity (Wildman–Crippen MR) is 138 cm³/mol. The molecule has 4 rings (SSSR count). The van der Waals surface area contributed by atoms with Crippen molar-refractivity contribution < 1.29 is 24.7 Å². The van der Waals surface area contributed by atoms with Crippen LogP contribution in [-0.4, -0.2) is 82.5 Å². The number of aromatic nitrogens is 3. The number of thioether (sulfide) groups is 3. The van der Waals surface area contributed by atoms with Gasteiger partial charge in [-0.3, -0.25) is 19.5 Å². The maximum absolute atomic E-state index is 13.0. The molecule has 2 aromatic rings. The predicted octanol–water partition coefficient (Wildman–Crippen LogP) is 0.374. The first-order valence-electron chi connectivity index (χ1n) is 10.3. The van der Waals surface area contributed by atoms with E-state index in [2.05, 4.69) is 24.8 Å². The molecular weight excluding hydrogens is 549 g/mol. The molecule has 0 spiro atoms. The van der Waals surface area contributed by atoms with Crippen LogP contribution in [-0.2, 0) is 20.1 Å². The number of fused-ring (bicyclic) bond motifs is 1. The molecule has 190 valence electrons. The maximum atomic E-state index is 13.0. The number of carboxylic acids is 1. The van der Waals surface area contributed by atoms with Crippen molar-refractivity contribution in [3.63, 3.8) is 0 Å². The van der Waals surface area contributed by atoms with Crippen molar-refractivity contribution >= 4 is 75.4 Å². The first kappa shape index (κ1) is 26.2. The fourth-order valence-electron chi connectivity index (χ4n) is 3.42. The highest BCUT2D eigenvalue weighted by molar-refractivity contribution is 8.06. The smallest absolute Gasteiger partial charge is 0.353 e. The van der Waals surface area contributed by atoms with E-state index >= 15 is 0 Å². The molecule has 1 fully saturated rings. The third kappa shape index (κ3) is 5.29. The Balaban J connectivity index is 1.51. The first-order valence-corrected chi connectivity index (χ1v) is 14.1. The van der Waals surface area contributed by atoms with E-state index in [0.717, 1.165) is 27.7 Å². The molecule has 2 amide bonds. The second kappa shape index (κ2) is 11.5. The number of β-lactam (4-membered cyclic amide) rings is 1. The Kier molecular flexibility index (Phi) is 8.35. The Morgan fingerprint density at radius 1 is 1.39 bits per heavy atom. The van der Waals surface area contributed by atoms with Crippen molar-refractivity contribution in [2.75, 3.05) is 23.8 Å². The van der Waals surface area contributed by atoms with Gasteiger partial charge in [0.25, 0.3) is 11.8 Å². The van der Waals surface area contributed by atoms with Crippen molar-refractivity contribution in [2.24, 2.45) is 10.9 Å². The van der Waals surface area contributed by atoms with E-state index in [1.807, 2.05) is 6.07 Å². The van der Waals surface area contributed by atoms with Gasteiger partial charge in [0.05, 0.1) is 0 Å². The third-order valence-corrected chi connectivity index (χ3v) is 9.25. The van der Waals surface area contributed by atoms with Crippen LogP contribution in [0, 0.1) is 0 Å². The van der Waals surface area contributed by atoms with Crippen LogP contribution in [0.15, 0.2) is 39.1 Å². The van der Waals surface area contributed by atoms with Crippen molar-refractivity contribution in [3.8, 4) is 0 Å². The number of hydrogen-bond donors (Lipinski definition) is 5. The number of carbonyl (C=O) groups is 3. The topological polar surface area (TPSA) is 210 Å². The van der Waals surface area contributed by atoms with Crippen molar-refractivity contribution in [2.45, 2.75) is 22.1 Å². The second-order valence-corrected chi connectivity index (χ2v) is 11.4. The van der Waals surface area contributed by atoms with E-state index in [9.17, 15) is 24.7 Å². The lowest BCUT2D eigenvalue weighted by Gasteiger charge is -2.49. The lowest BCUT2D eigenvalue weighted by molar-refractivity contribution is -0.150. The number of pyridine rings is 1. The number of hydrogen-bond acceptors (Lipinski definition) is 14. The molecule has 17 heteroatoms. The molecule has 1 saturated heterocycles. The van der Waals surface area contributed by atoms with Crippen LogP contribution in [0.4, 0.5) is 5.13 Å². The number of anilines is 1. The van der Waals surface area contributed by atoms with Crippen molar-refractivity contribution in [1.82, 2.24) is 24.6 Å². The number of nitrogens with two attached hydrogens (primary N) is 2. The molecule has 2 aromatic heterocycles. The first-order chi connectivity index (χ1) is 17.3. The normalized spacial score (nSPS) is 19.6. The van der Waals surface area contributed by atoms with Crippen LogP contribution in [0.5, 0.6) is 0 Å². The Bertz CT molecular complexity index is 1250. The van der Waals surface area contributed by atoms with Gasteiger partial charge >= 0.3 is 5.97 Å². The van der Waals surface area contributed by atoms with Crippen LogP contribution in [0.1, 0.15) is 11.4 Å². The summed E-state index contributed by atoms with van der Waals surface area (Å²) in [6.45, 7) is 0.550. The third-order valence-electron chi connectivity index (χ3n) is 5.00. The molecule has 7 N–H and O–H groups in total. The van der Waals surface area contributed by atoms with Crippen LogP contribution in [0.3, 0.4) is 0 Å². The minimum Gasteiger partial charge on any atom is -0.477 e. The molecule has 0 radical (unpaired) electrons. The van der Waals surface area contributed by atoms with Crippen molar-refractivity contribution in [3.05, 3.63) is 40.5 Å². The summed E-state index contributed by atoms with van der Waals surface area (Å²) in [7, 11) is 0.